The average molecular weight is 199 g/mol. The Labute approximate surface area is 93.0 Å². The van der Waals surface area contributed by atoms with Crippen LogP contribution in [-0.4, -0.2) is 0 Å². The van der Waals surface area contributed by atoms with Gasteiger partial charge in [0.15, 0.2) is 0 Å². The number of hydrogen-bond acceptors (Lipinski definition) is 0. The van der Waals surface area contributed by atoms with Crippen molar-refractivity contribution in [3.63, 3.8) is 0 Å². The van der Waals surface area contributed by atoms with Gasteiger partial charge in [-0.1, -0.05) is 26.2 Å². The molecule has 0 saturated heterocycles. The van der Waals surface area contributed by atoms with Crippen molar-refractivity contribution in [2.45, 2.75) is 32.6 Å². The Bertz CT molecular complexity index is 134. The molecular formula is C11H19Ti. The minimum absolute atomic E-state index is 0. The van der Waals surface area contributed by atoms with E-state index < -0.39 is 0 Å². The Kier molecular flexibility index (Phi) is 16.9. The van der Waals surface area contributed by atoms with Gasteiger partial charge in [0.05, 0.1) is 0 Å². The molecule has 0 amide bonds. The molecule has 0 N–H and O–H groups in total. The van der Waals surface area contributed by atoms with Crippen molar-refractivity contribution in [3.05, 3.63) is 38.7 Å². The van der Waals surface area contributed by atoms with Crippen molar-refractivity contribution in [2.75, 3.05) is 0 Å². The van der Waals surface area contributed by atoms with E-state index in [1.165, 1.54) is 24.8 Å². The number of unbranched alkanes of at least 4 members (excludes halogenated alkanes) is 1. The minimum atomic E-state index is 0. The minimum Gasteiger partial charge on any atom is -0.358 e. The molecule has 0 bridgehead atoms. The van der Waals surface area contributed by atoms with Gasteiger partial charge in [0, 0.05) is 0 Å². The Hall–Kier alpha value is 0.194. The van der Waals surface area contributed by atoms with Crippen molar-refractivity contribution >= 4 is 0 Å². The van der Waals surface area contributed by atoms with Crippen LogP contribution in [0.3, 0.4) is 0 Å². The van der Waals surface area contributed by atoms with Crippen LogP contribution in [0.5, 0.6) is 0 Å². The Morgan fingerprint density at radius 1 is 1.42 bits per heavy atom. The molecule has 12 heavy (non-hydrogen) atoms. The van der Waals surface area contributed by atoms with Gasteiger partial charge in [-0.3, -0.25) is 6.08 Å². The summed E-state index contributed by atoms with van der Waals surface area (Å²) in [6, 6.07) is 0. The van der Waals surface area contributed by atoms with E-state index in [-0.39, 0.29) is 36.6 Å². The van der Waals surface area contributed by atoms with Crippen LogP contribution in [-0.2, 0) is 21.7 Å². The predicted molar refractivity (Wildman–Crippen MR) is 52.9 cm³/mol. The van der Waals surface area contributed by atoms with E-state index in [2.05, 4.69) is 25.2 Å². The van der Waals surface area contributed by atoms with E-state index in [0.29, 0.717) is 0 Å². The smallest absolute Gasteiger partial charge is 0.358 e. The van der Waals surface area contributed by atoms with E-state index in [9.17, 15) is 0 Å². The molecule has 0 aromatic heterocycles. The van der Waals surface area contributed by atoms with Gasteiger partial charge in [-0.15, -0.1) is 6.42 Å². The SMILES string of the molecule is CCCCC1=[C-]CC=C1.[CH3-].[CH3-].[Ti+3]. The Morgan fingerprint density at radius 2 is 2.08 bits per heavy atom. The molecule has 0 nitrogen and oxygen atoms in total. The van der Waals surface area contributed by atoms with Gasteiger partial charge in [0.25, 0.3) is 0 Å². The summed E-state index contributed by atoms with van der Waals surface area (Å²) < 4.78 is 0. The molecule has 0 aromatic carbocycles. The van der Waals surface area contributed by atoms with Gasteiger partial charge in [-0.05, 0) is 0 Å². The second kappa shape index (κ2) is 11.2. The predicted octanol–water partition coefficient (Wildman–Crippen LogP) is 3.76. The zero-order valence-corrected chi connectivity index (χ0v) is 10.0. The maximum absolute atomic E-state index is 3.30. The summed E-state index contributed by atoms with van der Waals surface area (Å²) in [5, 5.41) is 0. The van der Waals surface area contributed by atoms with E-state index >= 15 is 0 Å². The fourth-order valence-corrected chi connectivity index (χ4v) is 0.989. The molecule has 67 valence electrons. The molecule has 0 heterocycles. The van der Waals surface area contributed by atoms with Crippen LogP contribution in [0, 0.1) is 20.9 Å². The summed E-state index contributed by atoms with van der Waals surface area (Å²) in [7, 11) is 0. The van der Waals surface area contributed by atoms with Crippen molar-refractivity contribution < 1.29 is 21.7 Å². The van der Waals surface area contributed by atoms with Crippen LogP contribution in [0.25, 0.3) is 0 Å². The molecule has 1 heteroatoms. The van der Waals surface area contributed by atoms with Crippen LogP contribution < -0.4 is 0 Å². The first-order valence-corrected chi connectivity index (χ1v) is 3.69. The van der Waals surface area contributed by atoms with Gasteiger partial charge < -0.3 is 14.9 Å². The van der Waals surface area contributed by atoms with Crippen LogP contribution in [0.15, 0.2) is 17.7 Å². The summed E-state index contributed by atoms with van der Waals surface area (Å²) in [5.41, 5.74) is 1.41. The van der Waals surface area contributed by atoms with Crippen LogP contribution in [0.4, 0.5) is 0 Å². The molecule has 0 unspecified atom stereocenters. The average Bonchev–Trinajstić information content (AvgIpc) is 2.34. The molecule has 0 fully saturated rings. The van der Waals surface area contributed by atoms with E-state index in [1.807, 2.05) is 0 Å². The Morgan fingerprint density at radius 3 is 2.50 bits per heavy atom. The summed E-state index contributed by atoms with van der Waals surface area (Å²) in [4.78, 5) is 0. The molecule has 1 aliphatic rings. The summed E-state index contributed by atoms with van der Waals surface area (Å²) in [6.07, 6.45) is 12.5. The summed E-state index contributed by atoms with van der Waals surface area (Å²) in [6.45, 7) is 2.22. The molecule has 1 radical (unpaired) electrons. The van der Waals surface area contributed by atoms with Crippen molar-refractivity contribution in [1.82, 2.24) is 0 Å². The molecule has 0 saturated carbocycles. The first-order chi connectivity index (χ1) is 4.43. The van der Waals surface area contributed by atoms with Crippen molar-refractivity contribution in [1.29, 1.82) is 0 Å². The second-order valence-corrected chi connectivity index (χ2v) is 2.41. The number of allylic oxidation sites excluding steroid dienone is 4. The molecule has 0 atom stereocenters. The van der Waals surface area contributed by atoms with Crippen LogP contribution in [0.1, 0.15) is 32.6 Å². The zero-order valence-electron chi connectivity index (χ0n) is 8.48. The molecular weight excluding hydrogens is 180 g/mol. The summed E-state index contributed by atoms with van der Waals surface area (Å²) in [5.74, 6) is 0. The van der Waals surface area contributed by atoms with Gasteiger partial charge >= 0.3 is 21.7 Å². The number of rotatable bonds is 3. The van der Waals surface area contributed by atoms with Gasteiger partial charge in [0.1, 0.15) is 0 Å². The maximum atomic E-state index is 3.30. The molecule has 1 rings (SSSR count). The molecule has 0 aliphatic heterocycles. The zero-order chi connectivity index (χ0) is 6.53. The quantitative estimate of drug-likeness (QED) is 0.479. The van der Waals surface area contributed by atoms with Crippen LogP contribution in [0.2, 0.25) is 0 Å². The molecule has 0 spiro atoms. The van der Waals surface area contributed by atoms with Crippen molar-refractivity contribution in [3.8, 4) is 0 Å². The van der Waals surface area contributed by atoms with E-state index in [1.54, 1.807) is 0 Å². The fraction of sp³-hybridized carbons (Fsp3) is 0.455. The second-order valence-electron chi connectivity index (χ2n) is 2.41. The van der Waals surface area contributed by atoms with E-state index in [4.69, 9.17) is 0 Å². The summed E-state index contributed by atoms with van der Waals surface area (Å²) >= 11 is 0. The van der Waals surface area contributed by atoms with E-state index in [0.717, 1.165) is 6.42 Å². The molecule has 1 aliphatic carbocycles. The third-order valence-electron chi connectivity index (χ3n) is 1.57. The van der Waals surface area contributed by atoms with Gasteiger partial charge in [0.2, 0.25) is 0 Å². The maximum Gasteiger partial charge on any atom is 3.00 e. The van der Waals surface area contributed by atoms with Gasteiger partial charge in [-0.25, -0.2) is 11.6 Å². The standard InChI is InChI=1S/C9H13.2CH3.Ti/c1-2-3-6-9-7-4-5-8-9;;;/h4,7H,2-3,5-6H2,1H3;2*1H3;/q3*-1;+3. The van der Waals surface area contributed by atoms with Crippen molar-refractivity contribution in [2.24, 2.45) is 0 Å². The normalized spacial score (nSPS) is 12.2. The number of hydrogen-bond donors (Lipinski definition) is 0. The first kappa shape index (κ1) is 18.1. The van der Waals surface area contributed by atoms with Crippen LogP contribution >= 0.6 is 0 Å². The topological polar surface area (TPSA) is 0 Å². The third kappa shape index (κ3) is 6.88. The molecule has 0 aromatic rings. The first-order valence-electron chi connectivity index (χ1n) is 3.69. The third-order valence-corrected chi connectivity index (χ3v) is 1.57. The fourth-order valence-electron chi connectivity index (χ4n) is 0.989. The largest absolute Gasteiger partial charge is 3.00 e. The van der Waals surface area contributed by atoms with Gasteiger partial charge in [-0.2, -0.15) is 6.08 Å². The Balaban J connectivity index is -0.000000270. The monoisotopic (exact) mass is 199 g/mol.